The van der Waals surface area contributed by atoms with E-state index in [0.717, 1.165) is 5.56 Å². The Bertz CT molecular complexity index is 832. The second-order valence-corrected chi connectivity index (χ2v) is 6.86. The first-order chi connectivity index (χ1) is 10.8. The molecule has 1 N–H and O–H groups in total. The third-order valence-corrected chi connectivity index (χ3v) is 4.86. The predicted octanol–water partition coefficient (Wildman–Crippen LogP) is 1.96. The lowest BCUT2D eigenvalue weighted by molar-refractivity contribution is 0.0600. The largest absolute Gasteiger partial charge is 0.465 e. The van der Waals surface area contributed by atoms with Crippen molar-refractivity contribution in [2.75, 3.05) is 7.11 Å². The zero-order chi connectivity index (χ0) is 17.0. The molecule has 0 aliphatic carbocycles. The summed E-state index contributed by atoms with van der Waals surface area (Å²) in [6.07, 6.45) is 1.44. The highest BCUT2D eigenvalue weighted by atomic mass is 32.2. The number of ether oxygens (including phenoxy) is 1. The number of esters is 1. The number of hydrogen-bond acceptors (Lipinski definition) is 5. The number of carbonyl (C=O) groups is 1. The van der Waals surface area contributed by atoms with Gasteiger partial charge in [-0.25, -0.2) is 17.9 Å². The van der Waals surface area contributed by atoms with Gasteiger partial charge in [0.2, 0.25) is 10.0 Å². The van der Waals surface area contributed by atoms with E-state index in [9.17, 15) is 13.2 Å². The van der Waals surface area contributed by atoms with Crippen LogP contribution >= 0.6 is 0 Å². The Balaban J connectivity index is 2.18. The van der Waals surface area contributed by atoms with Gasteiger partial charge < -0.3 is 4.74 Å². The van der Waals surface area contributed by atoms with Crippen molar-refractivity contribution < 1.29 is 17.9 Å². The second kappa shape index (κ2) is 6.89. The fourth-order valence-corrected chi connectivity index (χ4v) is 3.39. The number of hydrogen-bond donors (Lipinski definition) is 1. The summed E-state index contributed by atoms with van der Waals surface area (Å²) in [7, 11) is -2.37. The lowest BCUT2D eigenvalue weighted by atomic mass is 10.2. The smallest absolute Gasteiger partial charge is 0.337 e. The number of methoxy groups -OCH3 is 1. The summed E-state index contributed by atoms with van der Waals surface area (Å²) in [6, 6.07) is 8.14. The minimum absolute atomic E-state index is 0.0134. The van der Waals surface area contributed by atoms with Gasteiger partial charge >= 0.3 is 5.97 Å². The Morgan fingerprint density at radius 3 is 2.61 bits per heavy atom. The molecule has 0 radical (unpaired) electrons. The van der Waals surface area contributed by atoms with Crippen LogP contribution in [0, 0.1) is 13.8 Å². The van der Waals surface area contributed by atoms with Crippen molar-refractivity contribution in [2.24, 2.45) is 0 Å². The number of carbonyl (C=O) groups excluding carboxylic acids is 1. The maximum atomic E-state index is 12.4. The number of aromatic nitrogens is 1. The van der Waals surface area contributed by atoms with Crippen molar-refractivity contribution in [3.05, 3.63) is 58.9 Å². The molecule has 0 aliphatic heterocycles. The molecule has 1 heterocycles. The average molecular weight is 334 g/mol. The second-order valence-electron chi connectivity index (χ2n) is 5.12. The molecule has 0 atom stereocenters. The van der Waals surface area contributed by atoms with Crippen LogP contribution in [0.1, 0.15) is 27.2 Å². The first-order valence-electron chi connectivity index (χ1n) is 6.93. The van der Waals surface area contributed by atoms with E-state index in [0.29, 0.717) is 16.8 Å². The van der Waals surface area contributed by atoms with Gasteiger partial charge in [-0.15, -0.1) is 0 Å². The number of sulfonamides is 1. The lowest BCUT2D eigenvalue weighted by Crippen LogP contribution is -2.24. The van der Waals surface area contributed by atoms with E-state index in [1.807, 2.05) is 13.0 Å². The monoisotopic (exact) mass is 334 g/mol. The van der Waals surface area contributed by atoms with Gasteiger partial charge in [0.1, 0.15) is 0 Å². The van der Waals surface area contributed by atoms with Gasteiger partial charge in [-0.1, -0.05) is 17.7 Å². The first-order valence-corrected chi connectivity index (χ1v) is 8.42. The van der Waals surface area contributed by atoms with Crippen molar-refractivity contribution >= 4 is 16.0 Å². The standard InChI is InChI=1S/C16H18N2O4S/c1-11-4-5-15(12(2)8-11)23(20,21)18-10-14-9-13(6-7-17-14)16(19)22-3/h4-9,18H,10H2,1-3H3. The fourth-order valence-electron chi connectivity index (χ4n) is 2.17. The Morgan fingerprint density at radius 2 is 1.96 bits per heavy atom. The molecule has 0 bridgehead atoms. The summed E-state index contributed by atoms with van der Waals surface area (Å²) in [4.78, 5) is 15.8. The third-order valence-electron chi connectivity index (χ3n) is 3.30. The molecule has 6 nitrogen and oxygen atoms in total. The van der Waals surface area contributed by atoms with E-state index in [1.54, 1.807) is 19.1 Å². The van der Waals surface area contributed by atoms with E-state index in [-0.39, 0.29) is 11.4 Å². The average Bonchev–Trinajstić information content (AvgIpc) is 2.52. The van der Waals surface area contributed by atoms with Crippen LogP contribution in [-0.2, 0) is 21.3 Å². The van der Waals surface area contributed by atoms with Crippen LogP contribution in [0.5, 0.6) is 0 Å². The molecule has 2 aromatic rings. The molecule has 0 unspecified atom stereocenters. The molecule has 23 heavy (non-hydrogen) atoms. The van der Waals surface area contributed by atoms with Crippen LogP contribution in [0.25, 0.3) is 0 Å². The van der Waals surface area contributed by atoms with E-state index in [1.165, 1.54) is 25.4 Å². The number of aryl methyl sites for hydroxylation is 2. The third kappa shape index (κ3) is 4.14. The van der Waals surface area contributed by atoms with Crippen LogP contribution in [0.4, 0.5) is 0 Å². The highest BCUT2D eigenvalue weighted by Gasteiger charge is 2.17. The number of rotatable bonds is 5. The molecule has 0 amide bonds. The number of benzene rings is 1. The number of pyridine rings is 1. The van der Waals surface area contributed by atoms with Crippen molar-refractivity contribution in [1.29, 1.82) is 0 Å². The fraction of sp³-hybridized carbons (Fsp3) is 0.250. The molecule has 2 rings (SSSR count). The van der Waals surface area contributed by atoms with Crippen molar-refractivity contribution in [2.45, 2.75) is 25.3 Å². The maximum absolute atomic E-state index is 12.4. The van der Waals surface area contributed by atoms with Crippen LogP contribution in [-0.4, -0.2) is 26.5 Å². The number of nitrogens with zero attached hydrogens (tertiary/aromatic N) is 1. The van der Waals surface area contributed by atoms with Gasteiger partial charge in [0.05, 0.1) is 29.8 Å². The molecule has 0 saturated carbocycles. The predicted molar refractivity (Wildman–Crippen MR) is 85.5 cm³/mol. The highest BCUT2D eigenvalue weighted by Crippen LogP contribution is 2.16. The molecule has 0 saturated heterocycles. The summed E-state index contributed by atoms with van der Waals surface area (Å²) < 4.78 is 31.9. The van der Waals surface area contributed by atoms with E-state index >= 15 is 0 Å². The first kappa shape index (κ1) is 17.1. The van der Waals surface area contributed by atoms with Gasteiger partial charge in [0.15, 0.2) is 0 Å². The van der Waals surface area contributed by atoms with Gasteiger partial charge in [-0.05, 0) is 37.6 Å². The van der Waals surface area contributed by atoms with Crippen LogP contribution in [0.15, 0.2) is 41.4 Å². The Morgan fingerprint density at radius 1 is 1.22 bits per heavy atom. The number of nitrogens with one attached hydrogen (secondary N) is 1. The minimum Gasteiger partial charge on any atom is -0.465 e. The summed E-state index contributed by atoms with van der Waals surface area (Å²) in [5.41, 5.74) is 2.42. The molecular formula is C16H18N2O4S. The molecule has 1 aromatic carbocycles. The molecule has 0 aliphatic rings. The van der Waals surface area contributed by atoms with E-state index in [4.69, 9.17) is 0 Å². The SMILES string of the molecule is COC(=O)c1ccnc(CNS(=O)(=O)c2ccc(C)cc2C)c1. The molecular weight excluding hydrogens is 316 g/mol. The van der Waals surface area contributed by atoms with Crippen molar-refractivity contribution in [3.8, 4) is 0 Å². The van der Waals surface area contributed by atoms with Gasteiger partial charge in [0, 0.05) is 6.20 Å². The van der Waals surface area contributed by atoms with Crippen LogP contribution in [0.3, 0.4) is 0 Å². The maximum Gasteiger partial charge on any atom is 0.337 e. The van der Waals surface area contributed by atoms with Crippen LogP contribution < -0.4 is 4.72 Å². The molecule has 0 spiro atoms. The van der Waals surface area contributed by atoms with E-state index < -0.39 is 16.0 Å². The Labute approximate surface area is 135 Å². The topological polar surface area (TPSA) is 85.4 Å². The summed E-state index contributed by atoms with van der Waals surface area (Å²) in [5, 5.41) is 0. The normalized spacial score (nSPS) is 11.3. The van der Waals surface area contributed by atoms with Gasteiger partial charge in [-0.3, -0.25) is 4.98 Å². The zero-order valence-electron chi connectivity index (χ0n) is 13.2. The summed E-state index contributed by atoms with van der Waals surface area (Å²) in [6.45, 7) is 3.64. The minimum atomic E-state index is -3.65. The molecule has 122 valence electrons. The van der Waals surface area contributed by atoms with Gasteiger partial charge in [-0.2, -0.15) is 0 Å². The van der Waals surface area contributed by atoms with Gasteiger partial charge in [0.25, 0.3) is 0 Å². The molecule has 7 heteroatoms. The zero-order valence-corrected chi connectivity index (χ0v) is 14.0. The summed E-state index contributed by atoms with van der Waals surface area (Å²) in [5.74, 6) is -0.495. The van der Waals surface area contributed by atoms with E-state index in [2.05, 4.69) is 14.4 Å². The van der Waals surface area contributed by atoms with Crippen LogP contribution in [0.2, 0.25) is 0 Å². The Hall–Kier alpha value is -2.25. The molecule has 0 fully saturated rings. The molecule has 1 aromatic heterocycles. The summed E-state index contributed by atoms with van der Waals surface area (Å²) >= 11 is 0. The lowest BCUT2D eigenvalue weighted by Gasteiger charge is -2.10. The Kier molecular flexibility index (Phi) is 5.12. The van der Waals surface area contributed by atoms with Crippen molar-refractivity contribution in [1.82, 2.24) is 9.71 Å². The van der Waals surface area contributed by atoms with Crippen molar-refractivity contribution in [3.63, 3.8) is 0 Å². The highest BCUT2D eigenvalue weighted by molar-refractivity contribution is 7.89. The quantitative estimate of drug-likeness (QED) is 0.845.